The second kappa shape index (κ2) is 17.5. The predicted octanol–water partition coefficient (Wildman–Crippen LogP) is 7.51. The summed E-state index contributed by atoms with van der Waals surface area (Å²) in [5, 5.41) is 0. The van der Waals surface area contributed by atoms with E-state index in [-0.39, 0.29) is 26.7 Å². The van der Waals surface area contributed by atoms with Crippen LogP contribution in [0.15, 0.2) is 42.5 Å². The third kappa shape index (κ3) is 9.67. The number of hydrogen-bond acceptors (Lipinski definition) is 4. The van der Waals surface area contributed by atoms with Crippen LogP contribution in [0.3, 0.4) is 0 Å². The van der Waals surface area contributed by atoms with Crippen molar-refractivity contribution < 1.29 is 12.4 Å². The lowest BCUT2D eigenvalue weighted by Gasteiger charge is -2.15. The Morgan fingerprint density at radius 1 is 1.03 bits per heavy atom. The molecule has 4 nitrogen and oxygen atoms in total. The molecule has 31 heavy (non-hydrogen) atoms. The van der Waals surface area contributed by atoms with E-state index in [1.807, 2.05) is 47.6 Å². The maximum atomic E-state index is 12.1. The van der Waals surface area contributed by atoms with Crippen LogP contribution in [0.4, 0.5) is 0 Å². The van der Waals surface area contributed by atoms with Crippen LogP contribution >= 0.6 is 0 Å². The average Bonchev–Trinajstić information content (AvgIpc) is 2.83. The van der Waals surface area contributed by atoms with Crippen molar-refractivity contribution in [2.75, 3.05) is 7.11 Å². The summed E-state index contributed by atoms with van der Waals surface area (Å²) >= 11 is 0. The zero-order chi connectivity index (χ0) is 23.1. The lowest BCUT2D eigenvalue weighted by molar-refractivity contribution is -0.123. The van der Waals surface area contributed by atoms with Crippen LogP contribution in [0.5, 0.6) is 5.75 Å². The van der Waals surface area contributed by atoms with Crippen molar-refractivity contribution in [3.63, 3.8) is 0 Å². The SMILES string of the molecule is CC.CC.CCc1cc(OC)ccc1-c1ccc(CC[C@H](N)C(=O)C(C)CC)cc1.N.[HH].[HH]. The first kappa shape index (κ1) is 31.0. The van der Waals surface area contributed by atoms with Gasteiger partial charge in [-0.2, -0.15) is 0 Å². The quantitative estimate of drug-likeness (QED) is 0.427. The minimum atomic E-state index is -0.363. The summed E-state index contributed by atoms with van der Waals surface area (Å²) in [6.07, 6.45) is 3.34. The number of nitrogens with two attached hydrogens (primary N) is 1. The number of carbonyl (C=O) groups excluding carboxylic acids is 1. The summed E-state index contributed by atoms with van der Waals surface area (Å²) in [5.74, 6) is 1.12. The fourth-order valence-electron chi connectivity index (χ4n) is 3.15. The van der Waals surface area contributed by atoms with Gasteiger partial charge in [0.25, 0.3) is 0 Å². The summed E-state index contributed by atoms with van der Waals surface area (Å²) in [6.45, 7) is 14.1. The van der Waals surface area contributed by atoms with Gasteiger partial charge in [-0.1, -0.05) is 78.8 Å². The second-order valence-corrected chi connectivity index (χ2v) is 6.93. The van der Waals surface area contributed by atoms with Gasteiger partial charge in [0.2, 0.25) is 0 Å². The molecular formula is C27H50N2O2. The number of hydrogen-bond donors (Lipinski definition) is 2. The summed E-state index contributed by atoms with van der Waals surface area (Å²) in [5.41, 5.74) is 11.0. The van der Waals surface area contributed by atoms with E-state index in [2.05, 4.69) is 43.3 Å². The van der Waals surface area contributed by atoms with Crippen LogP contribution in [0.25, 0.3) is 11.1 Å². The summed E-state index contributed by atoms with van der Waals surface area (Å²) in [6, 6.07) is 14.4. The van der Waals surface area contributed by atoms with Crippen molar-refractivity contribution in [1.29, 1.82) is 0 Å². The number of ether oxygens (including phenoxy) is 1. The number of methoxy groups -OCH3 is 1. The molecule has 5 N–H and O–H groups in total. The number of benzene rings is 2. The predicted molar refractivity (Wildman–Crippen MR) is 141 cm³/mol. The molecule has 2 rings (SSSR count). The maximum Gasteiger partial charge on any atom is 0.152 e. The van der Waals surface area contributed by atoms with Gasteiger partial charge in [0, 0.05) is 8.77 Å². The van der Waals surface area contributed by atoms with E-state index in [9.17, 15) is 4.79 Å². The largest absolute Gasteiger partial charge is 0.497 e. The molecule has 0 aliphatic rings. The lowest BCUT2D eigenvalue weighted by atomic mass is 9.93. The number of carbonyl (C=O) groups is 1. The van der Waals surface area contributed by atoms with Gasteiger partial charge in [0.1, 0.15) is 5.75 Å². The van der Waals surface area contributed by atoms with E-state index in [0.717, 1.165) is 25.0 Å². The normalized spacial score (nSPS) is 11.5. The Morgan fingerprint density at radius 2 is 1.61 bits per heavy atom. The van der Waals surface area contributed by atoms with Gasteiger partial charge in [-0.05, 0) is 60.1 Å². The Kier molecular flexibility index (Phi) is 17.5. The van der Waals surface area contributed by atoms with Gasteiger partial charge in [-0.15, -0.1) is 0 Å². The molecule has 0 aliphatic heterocycles. The van der Waals surface area contributed by atoms with Gasteiger partial charge >= 0.3 is 0 Å². The van der Waals surface area contributed by atoms with Gasteiger partial charge in [-0.3, -0.25) is 4.79 Å². The summed E-state index contributed by atoms with van der Waals surface area (Å²) in [4.78, 5) is 12.1. The van der Waals surface area contributed by atoms with E-state index in [4.69, 9.17) is 10.5 Å². The maximum absolute atomic E-state index is 12.1. The Bertz CT molecular complexity index is 737. The molecule has 180 valence electrons. The number of rotatable bonds is 9. The fraction of sp³-hybridized carbons (Fsp3) is 0.519. The molecule has 1 unspecified atom stereocenters. The van der Waals surface area contributed by atoms with E-state index >= 15 is 0 Å². The van der Waals surface area contributed by atoms with E-state index in [1.54, 1.807) is 7.11 Å². The van der Waals surface area contributed by atoms with Crippen molar-refractivity contribution in [3.05, 3.63) is 53.6 Å². The molecule has 0 saturated heterocycles. The average molecular weight is 435 g/mol. The van der Waals surface area contributed by atoms with Crippen molar-refractivity contribution in [3.8, 4) is 16.9 Å². The highest BCUT2D eigenvalue weighted by Gasteiger charge is 2.18. The lowest BCUT2D eigenvalue weighted by Crippen LogP contribution is -2.34. The summed E-state index contributed by atoms with van der Waals surface area (Å²) < 4.78 is 5.33. The van der Waals surface area contributed by atoms with Gasteiger partial charge in [0.15, 0.2) is 5.78 Å². The molecule has 2 aromatic carbocycles. The topological polar surface area (TPSA) is 87.3 Å². The highest BCUT2D eigenvalue weighted by atomic mass is 16.5. The van der Waals surface area contributed by atoms with E-state index in [0.29, 0.717) is 6.42 Å². The van der Waals surface area contributed by atoms with Crippen LogP contribution in [0.1, 0.15) is 75.3 Å². The zero-order valence-corrected chi connectivity index (χ0v) is 21.1. The third-order valence-corrected chi connectivity index (χ3v) is 5.17. The molecule has 0 bridgehead atoms. The first-order valence-electron chi connectivity index (χ1n) is 11.6. The van der Waals surface area contributed by atoms with E-state index in [1.165, 1.54) is 22.3 Å². The van der Waals surface area contributed by atoms with Crippen LogP contribution in [0.2, 0.25) is 0 Å². The molecule has 2 atom stereocenters. The second-order valence-electron chi connectivity index (χ2n) is 6.93. The molecule has 0 fully saturated rings. The van der Waals surface area contributed by atoms with Crippen molar-refractivity contribution in [1.82, 2.24) is 6.15 Å². The molecule has 0 saturated carbocycles. The molecule has 0 aliphatic carbocycles. The smallest absolute Gasteiger partial charge is 0.152 e. The van der Waals surface area contributed by atoms with Crippen molar-refractivity contribution in [2.45, 2.75) is 80.2 Å². The molecule has 2 aromatic rings. The third-order valence-electron chi connectivity index (χ3n) is 5.17. The number of Topliss-reactive ketones (excluding diaryl/α,β-unsaturated/α-hetero) is 1. The van der Waals surface area contributed by atoms with Gasteiger partial charge in [-0.25, -0.2) is 0 Å². The minimum absolute atomic E-state index is 0. The van der Waals surface area contributed by atoms with Gasteiger partial charge in [0.05, 0.1) is 13.2 Å². The molecule has 0 amide bonds. The highest BCUT2D eigenvalue weighted by molar-refractivity contribution is 5.85. The van der Waals surface area contributed by atoms with Gasteiger partial charge < -0.3 is 16.6 Å². The molecule has 0 radical (unpaired) electrons. The minimum Gasteiger partial charge on any atom is -0.497 e. The zero-order valence-electron chi connectivity index (χ0n) is 21.1. The molecule has 0 aromatic heterocycles. The monoisotopic (exact) mass is 434 g/mol. The Balaban J connectivity index is -0.000000569. The van der Waals surface area contributed by atoms with Crippen LogP contribution < -0.4 is 16.6 Å². The summed E-state index contributed by atoms with van der Waals surface area (Å²) in [7, 11) is 1.69. The van der Waals surface area contributed by atoms with Crippen LogP contribution in [-0.2, 0) is 17.6 Å². The first-order valence-corrected chi connectivity index (χ1v) is 11.6. The van der Waals surface area contributed by atoms with Crippen LogP contribution in [-0.4, -0.2) is 18.9 Å². The number of ketones is 1. The van der Waals surface area contributed by atoms with Crippen molar-refractivity contribution >= 4 is 5.78 Å². The molecule has 4 heteroatoms. The molecule has 0 heterocycles. The Labute approximate surface area is 194 Å². The van der Waals surface area contributed by atoms with Crippen molar-refractivity contribution in [2.24, 2.45) is 11.7 Å². The molecule has 0 spiro atoms. The highest BCUT2D eigenvalue weighted by Crippen LogP contribution is 2.28. The molecular weight excluding hydrogens is 384 g/mol. The first-order chi connectivity index (χ1) is 14.5. The Morgan fingerprint density at radius 3 is 2.10 bits per heavy atom. The number of aryl methyl sites for hydroxylation is 2. The standard InChI is InChI=1S/C23H31NO2.2C2H6.H3N.2H2/c1-5-16(3)23(25)22(24)14-9-17-7-10-19(11-8-17)21-13-12-20(26-4)15-18(21)6-2;2*1-2;;;/h7-8,10-13,15-16,22H,5-6,9,14,24H2,1-4H3;2*1-2H3;1H3;2*1H/t16?,22-;;;;;/m0...../s1. The Hall–Kier alpha value is -2.17. The van der Waals surface area contributed by atoms with E-state index < -0.39 is 0 Å². The fourth-order valence-corrected chi connectivity index (χ4v) is 3.15. The van der Waals surface area contributed by atoms with Crippen LogP contribution in [0, 0.1) is 5.92 Å².